The fraction of sp³-hybridized carbons (Fsp3) is 0.167. The van der Waals surface area contributed by atoms with E-state index >= 15 is 0 Å². The molecule has 0 atom stereocenters. The summed E-state index contributed by atoms with van der Waals surface area (Å²) in [6.07, 6.45) is 0. The molecule has 0 aliphatic rings. The van der Waals surface area contributed by atoms with Crippen molar-refractivity contribution in [1.29, 1.82) is 0 Å². The SMILES string of the molecule is COc1ccc(CO)c2c(N)cccc12. The molecule has 2 rings (SSSR count). The molecule has 0 unspecified atom stereocenters. The molecule has 15 heavy (non-hydrogen) atoms. The Morgan fingerprint density at radius 1 is 1.27 bits per heavy atom. The average molecular weight is 203 g/mol. The summed E-state index contributed by atoms with van der Waals surface area (Å²) in [4.78, 5) is 0. The van der Waals surface area contributed by atoms with Gasteiger partial charge in [-0.2, -0.15) is 0 Å². The maximum atomic E-state index is 9.23. The summed E-state index contributed by atoms with van der Waals surface area (Å²) < 4.78 is 5.24. The molecule has 0 saturated carbocycles. The van der Waals surface area contributed by atoms with E-state index in [1.807, 2.05) is 30.3 Å². The second-order valence-electron chi connectivity index (χ2n) is 3.35. The lowest BCUT2D eigenvalue weighted by Crippen LogP contribution is -1.94. The molecule has 2 aromatic rings. The first-order chi connectivity index (χ1) is 7.27. The summed E-state index contributed by atoms with van der Waals surface area (Å²) in [6, 6.07) is 9.30. The number of hydrogen-bond acceptors (Lipinski definition) is 3. The number of methoxy groups -OCH3 is 1. The molecule has 0 aromatic heterocycles. The van der Waals surface area contributed by atoms with Gasteiger partial charge < -0.3 is 15.6 Å². The third-order valence-electron chi connectivity index (χ3n) is 2.51. The minimum Gasteiger partial charge on any atom is -0.496 e. The molecule has 3 heteroatoms. The van der Waals surface area contributed by atoms with Crippen molar-refractivity contribution in [3.05, 3.63) is 35.9 Å². The number of aliphatic hydroxyl groups excluding tert-OH is 1. The Bertz CT molecular complexity index is 494. The van der Waals surface area contributed by atoms with Crippen LogP contribution >= 0.6 is 0 Å². The number of nitrogen functional groups attached to an aromatic ring is 1. The van der Waals surface area contributed by atoms with Gasteiger partial charge in [0.1, 0.15) is 5.75 Å². The van der Waals surface area contributed by atoms with E-state index in [1.54, 1.807) is 7.11 Å². The Hall–Kier alpha value is -1.74. The molecule has 0 fully saturated rings. The second kappa shape index (κ2) is 3.79. The van der Waals surface area contributed by atoms with Crippen LogP contribution in [0, 0.1) is 0 Å². The van der Waals surface area contributed by atoms with Gasteiger partial charge in [0, 0.05) is 16.5 Å². The molecule has 0 aliphatic heterocycles. The molecule has 0 saturated heterocycles. The largest absolute Gasteiger partial charge is 0.496 e. The van der Waals surface area contributed by atoms with Gasteiger partial charge in [-0.15, -0.1) is 0 Å². The number of ether oxygens (including phenoxy) is 1. The lowest BCUT2D eigenvalue weighted by molar-refractivity contribution is 0.283. The number of benzene rings is 2. The molecule has 2 aromatic carbocycles. The maximum absolute atomic E-state index is 9.23. The van der Waals surface area contributed by atoms with Crippen LogP contribution in [0.3, 0.4) is 0 Å². The molecule has 0 spiro atoms. The number of fused-ring (bicyclic) bond motifs is 1. The molecule has 3 N–H and O–H groups in total. The van der Waals surface area contributed by atoms with Gasteiger partial charge in [0.05, 0.1) is 13.7 Å². The van der Waals surface area contributed by atoms with Gasteiger partial charge >= 0.3 is 0 Å². The molecular weight excluding hydrogens is 190 g/mol. The number of anilines is 1. The Morgan fingerprint density at radius 2 is 2.07 bits per heavy atom. The van der Waals surface area contributed by atoms with Crippen molar-refractivity contribution < 1.29 is 9.84 Å². The Labute approximate surface area is 88.1 Å². The van der Waals surface area contributed by atoms with E-state index in [9.17, 15) is 5.11 Å². The van der Waals surface area contributed by atoms with E-state index in [2.05, 4.69) is 0 Å². The summed E-state index contributed by atoms with van der Waals surface area (Å²) in [5.74, 6) is 0.773. The van der Waals surface area contributed by atoms with Crippen LogP contribution in [0.25, 0.3) is 10.8 Å². The molecule has 3 nitrogen and oxygen atoms in total. The van der Waals surface area contributed by atoms with Gasteiger partial charge in [-0.25, -0.2) is 0 Å². The Balaban J connectivity index is 2.86. The summed E-state index contributed by atoms with van der Waals surface area (Å²) >= 11 is 0. The number of aliphatic hydroxyl groups is 1. The van der Waals surface area contributed by atoms with Crippen LogP contribution in [0.5, 0.6) is 5.75 Å². The fourth-order valence-electron chi connectivity index (χ4n) is 1.79. The number of hydrogen-bond donors (Lipinski definition) is 2. The van der Waals surface area contributed by atoms with E-state index < -0.39 is 0 Å². The van der Waals surface area contributed by atoms with Crippen LogP contribution in [-0.2, 0) is 6.61 Å². The van der Waals surface area contributed by atoms with E-state index in [0.717, 1.165) is 22.1 Å². The summed E-state index contributed by atoms with van der Waals surface area (Å²) in [5.41, 5.74) is 7.38. The summed E-state index contributed by atoms with van der Waals surface area (Å²) in [5, 5.41) is 11.0. The van der Waals surface area contributed by atoms with E-state index in [0.29, 0.717) is 5.69 Å². The van der Waals surface area contributed by atoms with Crippen LogP contribution in [-0.4, -0.2) is 12.2 Å². The van der Waals surface area contributed by atoms with Crippen LogP contribution in [0.4, 0.5) is 5.69 Å². The molecular formula is C12H13NO2. The summed E-state index contributed by atoms with van der Waals surface area (Å²) in [7, 11) is 1.62. The average Bonchev–Trinajstić information content (AvgIpc) is 2.28. The number of nitrogens with two attached hydrogens (primary N) is 1. The van der Waals surface area contributed by atoms with Crippen molar-refractivity contribution in [3.63, 3.8) is 0 Å². The highest BCUT2D eigenvalue weighted by molar-refractivity contribution is 5.99. The molecule has 0 bridgehead atoms. The Morgan fingerprint density at radius 3 is 2.73 bits per heavy atom. The predicted molar refractivity (Wildman–Crippen MR) is 60.8 cm³/mol. The zero-order valence-electron chi connectivity index (χ0n) is 8.53. The van der Waals surface area contributed by atoms with Gasteiger partial charge in [-0.3, -0.25) is 0 Å². The molecule has 78 valence electrons. The van der Waals surface area contributed by atoms with Gasteiger partial charge in [-0.1, -0.05) is 18.2 Å². The summed E-state index contributed by atoms with van der Waals surface area (Å²) in [6.45, 7) is -0.0191. The van der Waals surface area contributed by atoms with Crippen molar-refractivity contribution in [2.45, 2.75) is 6.61 Å². The van der Waals surface area contributed by atoms with Crippen molar-refractivity contribution in [2.75, 3.05) is 12.8 Å². The zero-order chi connectivity index (χ0) is 10.8. The van der Waals surface area contributed by atoms with Crippen LogP contribution in [0.15, 0.2) is 30.3 Å². The first-order valence-electron chi connectivity index (χ1n) is 4.73. The normalized spacial score (nSPS) is 10.5. The molecule has 0 amide bonds. The van der Waals surface area contributed by atoms with E-state index in [4.69, 9.17) is 10.5 Å². The first kappa shape index (κ1) is 9.80. The van der Waals surface area contributed by atoms with E-state index in [1.165, 1.54) is 0 Å². The molecule has 0 heterocycles. The van der Waals surface area contributed by atoms with Crippen LogP contribution in [0.2, 0.25) is 0 Å². The smallest absolute Gasteiger partial charge is 0.126 e. The third kappa shape index (κ3) is 1.51. The van der Waals surface area contributed by atoms with Gasteiger partial charge in [-0.05, 0) is 17.7 Å². The Kier molecular flexibility index (Phi) is 2.47. The van der Waals surface area contributed by atoms with Crippen LogP contribution in [0.1, 0.15) is 5.56 Å². The highest BCUT2D eigenvalue weighted by atomic mass is 16.5. The highest BCUT2D eigenvalue weighted by Crippen LogP contribution is 2.32. The van der Waals surface area contributed by atoms with Crippen LogP contribution < -0.4 is 10.5 Å². The minimum atomic E-state index is -0.0191. The molecule has 0 aliphatic carbocycles. The predicted octanol–water partition coefficient (Wildman–Crippen LogP) is 1.92. The lowest BCUT2D eigenvalue weighted by atomic mass is 10.0. The minimum absolute atomic E-state index is 0.0191. The van der Waals surface area contributed by atoms with Crippen molar-refractivity contribution in [2.24, 2.45) is 0 Å². The second-order valence-corrected chi connectivity index (χ2v) is 3.35. The standard InChI is InChI=1S/C12H13NO2/c1-15-11-6-5-8(7-14)12-9(11)3-2-4-10(12)13/h2-6,14H,7,13H2,1H3. The first-order valence-corrected chi connectivity index (χ1v) is 4.73. The van der Waals surface area contributed by atoms with Crippen molar-refractivity contribution in [1.82, 2.24) is 0 Å². The van der Waals surface area contributed by atoms with Gasteiger partial charge in [0.2, 0.25) is 0 Å². The highest BCUT2D eigenvalue weighted by Gasteiger charge is 2.07. The van der Waals surface area contributed by atoms with Gasteiger partial charge in [0.15, 0.2) is 0 Å². The topological polar surface area (TPSA) is 55.5 Å². The van der Waals surface area contributed by atoms with Crippen molar-refractivity contribution in [3.8, 4) is 5.75 Å². The third-order valence-corrected chi connectivity index (χ3v) is 2.51. The fourth-order valence-corrected chi connectivity index (χ4v) is 1.79. The van der Waals surface area contributed by atoms with E-state index in [-0.39, 0.29) is 6.61 Å². The maximum Gasteiger partial charge on any atom is 0.126 e. The lowest BCUT2D eigenvalue weighted by Gasteiger charge is -2.10. The zero-order valence-corrected chi connectivity index (χ0v) is 8.53. The van der Waals surface area contributed by atoms with Crippen molar-refractivity contribution >= 4 is 16.5 Å². The van der Waals surface area contributed by atoms with Gasteiger partial charge in [0.25, 0.3) is 0 Å². The molecule has 0 radical (unpaired) electrons. The monoisotopic (exact) mass is 203 g/mol. The number of rotatable bonds is 2. The quantitative estimate of drug-likeness (QED) is 0.733.